The Labute approximate surface area is 80.7 Å². The molecule has 4 heteroatoms. The maximum Gasteiger partial charge on any atom is 0.0627 e. The first-order chi connectivity index (χ1) is 4.74. The number of nitrogen functional groups attached to an aromatic ring is 1. The maximum absolute atomic E-state index is 5.22. The Hall–Kier alpha value is -0.250. The van der Waals surface area contributed by atoms with Crippen LogP contribution in [0.15, 0.2) is 22.7 Å². The van der Waals surface area contributed by atoms with Crippen LogP contribution in [0.4, 0.5) is 5.69 Å². The molecular weight excluding hydrogens is 227 g/mol. The summed E-state index contributed by atoms with van der Waals surface area (Å²) in [4.78, 5) is 0. The number of hydrogen-bond donors (Lipinski definition) is 2. The van der Waals surface area contributed by atoms with Crippen molar-refractivity contribution in [3.63, 3.8) is 0 Å². The Balaban J connectivity index is 0.000001000. The van der Waals surface area contributed by atoms with Gasteiger partial charge in [-0.2, -0.15) is 0 Å². The Morgan fingerprint density at radius 1 is 1.45 bits per heavy atom. The number of halogens is 2. The number of hydrogen-bond acceptors (Lipinski definition) is 2. The summed E-state index contributed by atoms with van der Waals surface area (Å²) in [6.07, 6.45) is 0. The minimum atomic E-state index is 0. The largest absolute Gasteiger partial charge is 0.323 e. The molecule has 0 spiro atoms. The van der Waals surface area contributed by atoms with Crippen molar-refractivity contribution >= 4 is 34.0 Å². The first kappa shape index (κ1) is 10.8. The van der Waals surface area contributed by atoms with E-state index >= 15 is 0 Å². The number of hydrazine groups is 1. The smallest absolute Gasteiger partial charge is 0.0627 e. The first-order valence-electron chi connectivity index (χ1n) is 2.97. The lowest BCUT2D eigenvalue weighted by Gasteiger charge is -2.02. The highest BCUT2D eigenvalue weighted by Crippen LogP contribution is 2.21. The van der Waals surface area contributed by atoms with Gasteiger partial charge in [0.25, 0.3) is 0 Å². The van der Waals surface area contributed by atoms with E-state index in [9.17, 15) is 0 Å². The topological polar surface area (TPSA) is 38.0 Å². The van der Waals surface area contributed by atoms with E-state index in [1.54, 1.807) is 0 Å². The van der Waals surface area contributed by atoms with Crippen molar-refractivity contribution in [2.24, 2.45) is 5.84 Å². The van der Waals surface area contributed by atoms with Crippen LogP contribution in [0.5, 0.6) is 0 Å². The fourth-order valence-electron chi connectivity index (χ4n) is 0.737. The molecule has 1 rings (SSSR count). The highest BCUT2D eigenvalue weighted by Gasteiger charge is 1.94. The van der Waals surface area contributed by atoms with Crippen LogP contribution < -0.4 is 11.3 Å². The normalized spacial score (nSPS) is 8.64. The lowest BCUT2D eigenvalue weighted by atomic mass is 10.2. The molecule has 3 N–H and O–H groups in total. The molecule has 0 amide bonds. The predicted molar refractivity (Wildman–Crippen MR) is 53.9 cm³/mol. The molecule has 1 aromatic rings. The summed E-state index contributed by atoms with van der Waals surface area (Å²) >= 11 is 3.36. The molecule has 0 unspecified atom stereocenters. The van der Waals surface area contributed by atoms with Gasteiger partial charge in [-0.3, -0.25) is 5.84 Å². The van der Waals surface area contributed by atoms with Crippen LogP contribution >= 0.6 is 28.3 Å². The van der Waals surface area contributed by atoms with Gasteiger partial charge in [-0.25, -0.2) is 0 Å². The Morgan fingerprint density at radius 3 is 2.55 bits per heavy atom. The maximum atomic E-state index is 5.22. The summed E-state index contributed by atoms with van der Waals surface area (Å²) in [5.74, 6) is 5.22. The number of rotatable bonds is 1. The third-order valence-corrected chi connectivity index (χ3v) is 1.94. The van der Waals surface area contributed by atoms with E-state index in [2.05, 4.69) is 21.4 Å². The van der Waals surface area contributed by atoms with E-state index in [0.29, 0.717) is 0 Å². The predicted octanol–water partition coefficient (Wildman–Crippen LogP) is 2.46. The molecule has 0 radical (unpaired) electrons. The monoisotopic (exact) mass is 236 g/mol. The molecule has 11 heavy (non-hydrogen) atoms. The Kier molecular flexibility index (Phi) is 4.49. The highest BCUT2D eigenvalue weighted by molar-refractivity contribution is 9.10. The summed E-state index contributed by atoms with van der Waals surface area (Å²) < 4.78 is 0.995. The van der Waals surface area contributed by atoms with Crippen LogP contribution in [0.2, 0.25) is 0 Å². The first-order valence-corrected chi connectivity index (χ1v) is 3.76. The van der Waals surface area contributed by atoms with E-state index in [-0.39, 0.29) is 12.4 Å². The molecule has 0 heterocycles. The van der Waals surface area contributed by atoms with Gasteiger partial charge in [0.05, 0.1) is 5.69 Å². The minimum absolute atomic E-state index is 0. The van der Waals surface area contributed by atoms with Crippen LogP contribution in [-0.2, 0) is 0 Å². The third kappa shape index (κ3) is 2.69. The number of nitrogens with one attached hydrogen (secondary N) is 1. The van der Waals surface area contributed by atoms with Crippen LogP contribution in [-0.4, -0.2) is 0 Å². The second-order valence-electron chi connectivity index (χ2n) is 2.13. The summed E-state index contributed by atoms with van der Waals surface area (Å²) in [7, 11) is 0. The van der Waals surface area contributed by atoms with Crippen molar-refractivity contribution in [1.29, 1.82) is 0 Å². The van der Waals surface area contributed by atoms with Crippen LogP contribution in [0, 0.1) is 6.92 Å². The molecule has 0 atom stereocenters. The molecule has 0 fully saturated rings. The average Bonchev–Trinajstić information content (AvgIpc) is 1.88. The number of aryl methyl sites for hydroxylation is 1. The van der Waals surface area contributed by atoms with E-state index in [1.165, 1.54) is 5.56 Å². The van der Waals surface area contributed by atoms with Gasteiger partial charge in [0.15, 0.2) is 0 Å². The Bertz CT molecular complexity index is 240. The summed E-state index contributed by atoms with van der Waals surface area (Å²) in [5, 5.41) is 0. The lowest BCUT2D eigenvalue weighted by Crippen LogP contribution is -2.06. The quantitative estimate of drug-likeness (QED) is 0.582. The fourth-order valence-corrected chi connectivity index (χ4v) is 1.34. The zero-order valence-electron chi connectivity index (χ0n) is 6.10. The molecule has 0 aromatic heterocycles. The second kappa shape index (κ2) is 4.59. The zero-order chi connectivity index (χ0) is 7.56. The highest BCUT2D eigenvalue weighted by atomic mass is 79.9. The molecule has 62 valence electrons. The minimum Gasteiger partial charge on any atom is -0.323 e. The second-order valence-corrected chi connectivity index (χ2v) is 2.98. The molecule has 1 aromatic carbocycles. The van der Waals surface area contributed by atoms with E-state index < -0.39 is 0 Å². The molecule has 0 saturated heterocycles. The van der Waals surface area contributed by atoms with Gasteiger partial charge in [0, 0.05) is 4.47 Å². The van der Waals surface area contributed by atoms with Crippen molar-refractivity contribution in [3.8, 4) is 0 Å². The fraction of sp³-hybridized carbons (Fsp3) is 0.143. The van der Waals surface area contributed by atoms with Gasteiger partial charge in [0.2, 0.25) is 0 Å². The standard InChI is InChI=1S/C7H9BrN2.ClH/c1-5-2-3-7(10-9)6(8)4-5;/h2-4,10H,9H2,1H3;1H. The molecule has 2 nitrogen and oxygen atoms in total. The molecule has 0 aliphatic heterocycles. The van der Waals surface area contributed by atoms with Crippen molar-refractivity contribution in [1.82, 2.24) is 0 Å². The van der Waals surface area contributed by atoms with E-state index in [1.807, 2.05) is 25.1 Å². The van der Waals surface area contributed by atoms with Crippen molar-refractivity contribution in [3.05, 3.63) is 28.2 Å². The van der Waals surface area contributed by atoms with Crippen LogP contribution in [0.3, 0.4) is 0 Å². The summed E-state index contributed by atoms with van der Waals surface area (Å²) in [6.45, 7) is 2.03. The van der Waals surface area contributed by atoms with E-state index in [0.717, 1.165) is 10.2 Å². The van der Waals surface area contributed by atoms with Crippen molar-refractivity contribution in [2.45, 2.75) is 6.92 Å². The van der Waals surface area contributed by atoms with E-state index in [4.69, 9.17) is 5.84 Å². The third-order valence-electron chi connectivity index (χ3n) is 1.28. The molecule has 0 aliphatic rings. The van der Waals surface area contributed by atoms with Gasteiger partial charge in [-0.05, 0) is 40.5 Å². The molecular formula is C7H10BrClN2. The lowest BCUT2D eigenvalue weighted by molar-refractivity contribution is 1.32. The molecule has 0 aliphatic carbocycles. The number of benzene rings is 1. The average molecular weight is 238 g/mol. The zero-order valence-corrected chi connectivity index (χ0v) is 8.50. The van der Waals surface area contributed by atoms with Gasteiger partial charge in [0.1, 0.15) is 0 Å². The molecule has 0 bridgehead atoms. The SMILES string of the molecule is Cc1ccc(NN)c(Br)c1.Cl. The van der Waals surface area contributed by atoms with Gasteiger partial charge in [-0.15, -0.1) is 12.4 Å². The van der Waals surface area contributed by atoms with Crippen LogP contribution in [0.25, 0.3) is 0 Å². The van der Waals surface area contributed by atoms with Gasteiger partial charge in [-0.1, -0.05) is 6.07 Å². The van der Waals surface area contributed by atoms with Crippen LogP contribution in [0.1, 0.15) is 5.56 Å². The van der Waals surface area contributed by atoms with Crippen molar-refractivity contribution in [2.75, 3.05) is 5.43 Å². The van der Waals surface area contributed by atoms with Crippen molar-refractivity contribution < 1.29 is 0 Å². The molecule has 0 saturated carbocycles. The summed E-state index contributed by atoms with van der Waals surface area (Å²) in [5.41, 5.74) is 4.70. The van der Waals surface area contributed by atoms with Gasteiger partial charge < -0.3 is 5.43 Å². The summed E-state index contributed by atoms with van der Waals surface area (Å²) in [6, 6.07) is 5.94. The Morgan fingerprint density at radius 2 is 2.09 bits per heavy atom. The number of nitrogens with two attached hydrogens (primary N) is 1. The number of anilines is 1. The van der Waals surface area contributed by atoms with Gasteiger partial charge >= 0.3 is 0 Å².